The minimum atomic E-state index is -0.863. The molecule has 0 aromatic heterocycles. The van der Waals surface area contributed by atoms with E-state index < -0.39 is 11.9 Å². The van der Waals surface area contributed by atoms with Crippen molar-refractivity contribution in [3.05, 3.63) is 35.9 Å². The van der Waals surface area contributed by atoms with Crippen molar-refractivity contribution in [3.8, 4) is 0 Å². The first-order chi connectivity index (χ1) is 8.16. The zero-order chi connectivity index (χ0) is 12.3. The molecule has 0 spiro atoms. The summed E-state index contributed by atoms with van der Waals surface area (Å²) in [7, 11) is 0. The Kier molecular flexibility index (Phi) is 3.42. The maximum absolute atomic E-state index is 11.8. The monoisotopic (exact) mass is 233 g/mol. The first kappa shape index (κ1) is 11.6. The van der Waals surface area contributed by atoms with Crippen molar-refractivity contribution >= 4 is 11.9 Å². The zero-order valence-corrected chi connectivity index (χ0v) is 9.50. The number of hydrogen-bond donors (Lipinski definition) is 1. The van der Waals surface area contributed by atoms with E-state index in [0.29, 0.717) is 19.5 Å². The molecule has 1 N–H and O–H groups in total. The van der Waals surface area contributed by atoms with Gasteiger partial charge in [0.05, 0.1) is 5.92 Å². The van der Waals surface area contributed by atoms with Gasteiger partial charge < -0.3 is 10.0 Å². The van der Waals surface area contributed by atoms with Crippen LogP contribution in [-0.2, 0) is 16.1 Å². The van der Waals surface area contributed by atoms with Gasteiger partial charge in [-0.2, -0.15) is 0 Å². The molecule has 0 unspecified atom stereocenters. The number of piperidine rings is 1. The summed E-state index contributed by atoms with van der Waals surface area (Å²) in [5, 5.41) is 8.86. The Balaban J connectivity index is 1.96. The number of likely N-dealkylation sites (tertiary alicyclic amines) is 1. The number of rotatable bonds is 3. The van der Waals surface area contributed by atoms with Crippen molar-refractivity contribution in [3.63, 3.8) is 0 Å². The quantitative estimate of drug-likeness (QED) is 0.861. The molecule has 17 heavy (non-hydrogen) atoms. The van der Waals surface area contributed by atoms with Crippen molar-refractivity contribution in [2.45, 2.75) is 19.4 Å². The second kappa shape index (κ2) is 4.99. The molecule has 1 amide bonds. The number of hydrogen-bond acceptors (Lipinski definition) is 2. The lowest BCUT2D eigenvalue weighted by molar-refractivity contribution is -0.149. The summed E-state index contributed by atoms with van der Waals surface area (Å²) in [6, 6.07) is 9.74. The van der Waals surface area contributed by atoms with E-state index in [1.165, 1.54) is 0 Å². The predicted octanol–water partition coefficient (Wildman–Crippen LogP) is 1.51. The third-order valence-corrected chi connectivity index (χ3v) is 3.09. The summed E-state index contributed by atoms with van der Waals surface area (Å²) < 4.78 is 0. The first-order valence-electron chi connectivity index (χ1n) is 5.71. The molecule has 1 fully saturated rings. The Morgan fingerprint density at radius 2 is 2.06 bits per heavy atom. The molecule has 2 rings (SSSR count). The Morgan fingerprint density at radius 1 is 1.35 bits per heavy atom. The molecule has 1 aromatic rings. The fraction of sp³-hybridized carbons (Fsp3) is 0.385. The number of carbonyl (C=O) groups is 2. The Morgan fingerprint density at radius 3 is 2.65 bits per heavy atom. The highest BCUT2D eigenvalue weighted by atomic mass is 16.4. The highest BCUT2D eigenvalue weighted by Gasteiger charge is 2.29. The standard InChI is InChI=1S/C13H15NO3/c15-12-8-11(13(16)17)6-7-14(12)9-10-4-2-1-3-5-10/h1-5,11H,6-9H2,(H,16,17)/t11-/m0/s1. The molecule has 1 heterocycles. The molecule has 0 saturated carbocycles. The molecule has 1 atom stereocenters. The number of amides is 1. The third-order valence-electron chi connectivity index (χ3n) is 3.09. The van der Waals surface area contributed by atoms with Gasteiger partial charge in [0.1, 0.15) is 0 Å². The van der Waals surface area contributed by atoms with Crippen LogP contribution in [0.25, 0.3) is 0 Å². The maximum Gasteiger partial charge on any atom is 0.307 e. The van der Waals surface area contributed by atoms with Crippen LogP contribution in [-0.4, -0.2) is 28.4 Å². The van der Waals surface area contributed by atoms with Crippen LogP contribution >= 0.6 is 0 Å². The number of carboxylic acids is 1. The zero-order valence-electron chi connectivity index (χ0n) is 9.50. The lowest BCUT2D eigenvalue weighted by atomic mass is 9.96. The summed E-state index contributed by atoms with van der Waals surface area (Å²) in [5.74, 6) is -1.43. The van der Waals surface area contributed by atoms with Crippen LogP contribution in [0.5, 0.6) is 0 Å². The van der Waals surface area contributed by atoms with Gasteiger partial charge in [0, 0.05) is 19.5 Å². The molecule has 0 bridgehead atoms. The SMILES string of the molecule is O=C(O)[C@H]1CCN(Cc2ccccc2)C(=O)C1. The lowest BCUT2D eigenvalue weighted by Gasteiger charge is -2.30. The molecule has 1 aromatic carbocycles. The van der Waals surface area contributed by atoms with E-state index in [1.807, 2.05) is 30.3 Å². The van der Waals surface area contributed by atoms with Gasteiger partial charge in [-0.25, -0.2) is 0 Å². The Labute approximate surface area is 99.9 Å². The van der Waals surface area contributed by atoms with Crippen molar-refractivity contribution in [1.82, 2.24) is 4.90 Å². The third kappa shape index (κ3) is 2.84. The molecular weight excluding hydrogens is 218 g/mol. The summed E-state index contributed by atoms with van der Waals surface area (Å²) in [4.78, 5) is 24.3. The van der Waals surface area contributed by atoms with Crippen LogP contribution in [0, 0.1) is 5.92 Å². The van der Waals surface area contributed by atoms with Crippen LogP contribution < -0.4 is 0 Å². The molecule has 1 saturated heterocycles. The number of benzene rings is 1. The summed E-state index contributed by atoms with van der Waals surface area (Å²) in [6.07, 6.45) is 0.677. The second-order valence-corrected chi connectivity index (χ2v) is 4.33. The molecule has 1 aliphatic rings. The van der Waals surface area contributed by atoms with Crippen LogP contribution in [0.1, 0.15) is 18.4 Å². The van der Waals surface area contributed by atoms with E-state index in [0.717, 1.165) is 5.56 Å². The predicted molar refractivity (Wildman–Crippen MR) is 62.2 cm³/mol. The minimum Gasteiger partial charge on any atom is -0.481 e. The van der Waals surface area contributed by atoms with Gasteiger partial charge >= 0.3 is 5.97 Å². The van der Waals surface area contributed by atoms with E-state index in [2.05, 4.69) is 0 Å². The average molecular weight is 233 g/mol. The number of nitrogens with zero attached hydrogens (tertiary/aromatic N) is 1. The molecular formula is C13H15NO3. The van der Waals surface area contributed by atoms with Gasteiger partial charge in [0.25, 0.3) is 0 Å². The highest BCUT2D eigenvalue weighted by molar-refractivity contribution is 5.83. The second-order valence-electron chi connectivity index (χ2n) is 4.33. The van der Waals surface area contributed by atoms with Crippen molar-refractivity contribution < 1.29 is 14.7 Å². The number of aliphatic carboxylic acids is 1. The highest BCUT2D eigenvalue weighted by Crippen LogP contribution is 2.20. The topological polar surface area (TPSA) is 57.6 Å². The molecule has 90 valence electrons. The summed E-state index contributed by atoms with van der Waals surface area (Å²) >= 11 is 0. The van der Waals surface area contributed by atoms with E-state index in [-0.39, 0.29) is 12.3 Å². The van der Waals surface area contributed by atoms with Crippen LogP contribution in [0.2, 0.25) is 0 Å². The van der Waals surface area contributed by atoms with Gasteiger partial charge in [-0.05, 0) is 12.0 Å². The van der Waals surface area contributed by atoms with Gasteiger partial charge in [-0.1, -0.05) is 30.3 Å². The van der Waals surface area contributed by atoms with Crippen LogP contribution in [0.15, 0.2) is 30.3 Å². The fourth-order valence-corrected chi connectivity index (χ4v) is 2.06. The van der Waals surface area contributed by atoms with E-state index in [1.54, 1.807) is 4.90 Å². The van der Waals surface area contributed by atoms with Crippen LogP contribution in [0.3, 0.4) is 0 Å². The molecule has 4 nitrogen and oxygen atoms in total. The van der Waals surface area contributed by atoms with E-state index >= 15 is 0 Å². The van der Waals surface area contributed by atoms with E-state index in [4.69, 9.17) is 5.11 Å². The van der Waals surface area contributed by atoms with Gasteiger partial charge in [-0.3, -0.25) is 9.59 Å². The minimum absolute atomic E-state index is 0.0625. The number of carbonyl (C=O) groups excluding carboxylic acids is 1. The van der Waals surface area contributed by atoms with Crippen LogP contribution in [0.4, 0.5) is 0 Å². The summed E-state index contributed by atoms with van der Waals surface area (Å²) in [6.45, 7) is 1.11. The van der Waals surface area contributed by atoms with Gasteiger partial charge in [0.2, 0.25) is 5.91 Å². The number of carboxylic acid groups (broad SMARTS) is 1. The smallest absolute Gasteiger partial charge is 0.307 e. The lowest BCUT2D eigenvalue weighted by Crippen LogP contribution is -2.40. The summed E-state index contributed by atoms with van der Waals surface area (Å²) in [5.41, 5.74) is 1.08. The van der Waals surface area contributed by atoms with Crippen molar-refractivity contribution in [2.24, 2.45) is 5.92 Å². The maximum atomic E-state index is 11.8. The Hall–Kier alpha value is -1.84. The van der Waals surface area contributed by atoms with Gasteiger partial charge in [-0.15, -0.1) is 0 Å². The molecule has 4 heteroatoms. The average Bonchev–Trinajstić information content (AvgIpc) is 2.33. The largest absolute Gasteiger partial charge is 0.481 e. The Bertz CT molecular complexity index is 416. The van der Waals surface area contributed by atoms with Gasteiger partial charge in [0.15, 0.2) is 0 Å². The fourth-order valence-electron chi connectivity index (χ4n) is 2.06. The van der Waals surface area contributed by atoms with Crippen molar-refractivity contribution in [1.29, 1.82) is 0 Å². The molecule has 1 aliphatic heterocycles. The first-order valence-corrected chi connectivity index (χ1v) is 5.71. The van der Waals surface area contributed by atoms with E-state index in [9.17, 15) is 9.59 Å². The molecule has 0 aliphatic carbocycles. The van der Waals surface area contributed by atoms with Crippen molar-refractivity contribution in [2.75, 3.05) is 6.54 Å². The normalized spacial score (nSPS) is 20.4. The molecule has 0 radical (unpaired) electrons.